The molecule has 0 saturated carbocycles. The summed E-state index contributed by atoms with van der Waals surface area (Å²) in [6.07, 6.45) is 92.9. The van der Waals surface area contributed by atoms with E-state index in [4.69, 9.17) is 14.2 Å². The number of unbranched alkanes of at least 4 members (excludes halogenated alkanes) is 21. The molecule has 78 heavy (non-hydrogen) atoms. The smallest absolute Gasteiger partial charge is 0.306 e. The third-order valence-electron chi connectivity index (χ3n) is 13.0. The number of ether oxygens (including phenoxy) is 3. The number of hydrogen-bond donors (Lipinski definition) is 0. The summed E-state index contributed by atoms with van der Waals surface area (Å²) in [6.45, 7) is 6.32. The Morgan fingerprint density at radius 2 is 0.500 bits per heavy atom. The van der Waals surface area contributed by atoms with Crippen LogP contribution in [-0.2, 0) is 28.6 Å². The Kier molecular flexibility index (Phi) is 60.9. The normalized spacial score (nSPS) is 13.1. The minimum atomic E-state index is -0.800. The molecule has 440 valence electrons. The summed E-state index contributed by atoms with van der Waals surface area (Å²) in [4.78, 5) is 38.2. The van der Waals surface area contributed by atoms with Gasteiger partial charge in [-0.25, -0.2) is 0 Å². The second-order valence-electron chi connectivity index (χ2n) is 20.5. The first-order valence-corrected chi connectivity index (χ1v) is 31.8. The number of allylic oxidation sites excluding steroid dienone is 24. The minimum Gasteiger partial charge on any atom is -0.462 e. The molecule has 0 N–H and O–H groups in total. The summed E-state index contributed by atoms with van der Waals surface area (Å²) in [5.41, 5.74) is 0. The van der Waals surface area contributed by atoms with Crippen LogP contribution in [-0.4, -0.2) is 37.2 Å². The lowest BCUT2D eigenvalue weighted by molar-refractivity contribution is -0.167. The van der Waals surface area contributed by atoms with Gasteiger partial charge >= 0.3 is 17.9 Å². The van der Waals surface area contributed by atoms with E-state index in [1.165, 1.54) is 70.6 Å². The van der Waals surface area contributed by atoms with E-state index in [-0.39, 0.29) is 31.1 Å². The molecular formula is C72H116O6. The lowest BCUT2D eigenvalue weighted by Gasteiger charge is -2.18. The number of carbonyl (C=O) groups is 3. The van der Waals surface area contributed by atoms with E-state index in [2.05, 4.69) is 167 Å². The zero-order valence-electron chi connectivity index (χ0n) is 50.4. The SMILES string of the molecule is CC/C=C\C/C=C\C/C=C\C/C=C\C/C=C\C/C=C\C/C=C\CCCCCCCCCCCCCC(=O)OCC(COC(=O)CCCCCCC/C=C\CCC)OC(=O)CCCCCC/C=C\C/C=C\C/C=C\C/C=C\CC. The third-order valence-corrected chi connectivity index (χ3v) is 13.0. The molecule has 0 bridgehead atoms. The van der Waals surface area contributed by atoms with Crippen LogP contribution in [0.4, 0.5) is 0 Å². The Balaban J connectivity index is 4.23. The molecule has 0 rings (SSSR count). The monoisotopic (exact) mass is 1080 g/mol. The molecule has 0 aromatic rings. The molecule has 0 saturated heterocycles. The maximum Gasteiger partial charge on any atom is 0.306 e. The molecule has 0 aliphatic heterocycles. The first-order chi connectivity index (χ1) is 38.5. The molecule has 0 spiro atoms. The quantitative estimate of drug-likeness (QED) is 0.0261. The predicted octanol–water partition coefficient (Wildman–Crippen LogP) is 21.9. The molecule has 6 nitrogen and oxygen atoms in total. The highest BCUT2D eigenvalue weighted by molar-refractivity contribution is 5.71. The van der Waals surface area contributed by atoms with Gasteiger partial charge in [0.1, 0.15) is 13.2 Å². The van der Waals surface area contributed by atoms with Crippen molar-refractivity contribution < 1.29 is 28.6 Å². The van der Waals surface area contributed by atoms with Gasteiger partial charge in [0.2, 0.25) is 0 Å². The van der Waals surface area contributed by atoms with Crippen molar-refractivity contribution in [1.82, 2.24) is 0 Å². The van der Waals surface area contributed by atoms with Crippen LogP contribution in [0.3, 0.4) is 0 Å². The van der Waals surface area contributed by atoms with Crippen LogP contribution < -0.4 is 0 Å². The van der Waals surface area contributed by atoms with Crippen LogP contribution in [0.5, 0.6) is 0 Å². The van der Waals surface area contributed by atoms with E-state index in [0.29, 0.717) is 19.3 Å². The third kappa shape index (κ3) is 62.1. The Hall–Kier alpha value is -4.71. The van der Waals surface area contributed by atoms with Crippen molar-refractivity contribution in [3.63, 3.8) is 0 Å². The number of rotatable bonds is 56. The van der Waals surface area contributed by atoms with Crippen molar-refractivity contribution in [2.24, 2.45) is 0 Å². The Morgan fingerprint density at radius 3 is 0.795 bits per heavy atom. The zero-order valence-corrected chi connectivity index (χ0v) is 50.4. The summed E-state index contributed by atoms with van der Waals surface area (Å²) < 4.78 is 16.8. The molecule has 0 heterocycles. The van der Waals surface area contributed by atoms with E-state index in [1.807, 2.05) is 0 Å². The van der Waals surface area contributed by atoms with Crippen LogP contribution in [0.1, 0.15) is 271 Å². The highest BCUT2D eigenvalue weighted by Crippen LogP contribution is 2.15. The number of carbonyl (C=O) groups excluding carboxylic acids is 3. The summed E-state index contributed by atoms with van der Waals surface area (Å²) in [6, 6.07) is 0. The standard InChI is InChI=1S/C72H116O6/c1-4-7-10-13-16-19-22-24-26-28-29-30-31-32-33-34-35-36-37-38-39-40-41-42-43-45-46-48-50-53-56-59-62-65-71(74)77-68-69(67-76-70(73)64-61-58-55-52-21-18-15-12-9-6-3)78-72(75)66-63-60-57-54-51-49-47-44-27-25-23-20-17-14-11-8-5-2/h7-8,10-12,15-17,19-20,24-27,29-30,32-33,35-36,38-39,47,49,69H,4-6,9,13-14,18,21-23,28,31,34,37,40-46,48,50-68H2,1-3H3/b10-7-,11-8-,15-12-,19-16-,20-17-,26-24-,27-25-,30-29-,33-32-,36-35-,39-38-,49-47-. The van der Waals surface area contributed by atoms with Crippen LogP contribution in [0.15, 0.2) is 146 Å². The fourth-order valence-electron chi connectivity index (χ4n) is 8.36. The summed E-state index contributed by atoms with van der Waals surface area (Å²) in [5.74, 6) is -0.936. The van der Waals surface area contributed by atoms with Crippen LogP contribution in [0.25, 0.3) is 0 Å². The second kappa shape index (κ2) is 64.8. The molecule has 0 fully saturated rings. The van der Waals surface area contributed by atoms with E-state index in [9.17, 15) is 14.4 Å². The number of hydrogen-bond acceptors (Lipinski definition) is 6. The highest BCUT2D eigenvalue weighted by atomic mass is 16.6. The molecule has 0 aliphatic carbocycles. The maximum absolute atomic E-state index is 12.9. The first kappa shape index (κ1) is 73.3. The van der Waals surface area contributed by atoms with E-state index < -0.39 is 6.10 Å². The van der Waals surface area contributed by atoms with Crippen molar-refractivity contribution in [2.75, 3.05) is 13.2 Å². The van der Waals surface area contributed by atoms with Crippen molar-refractivity contribution in [2.45, 2.75) is 277 Å². The molecule has 0 radical (unpaired) electrons. The molecule has 1 unspecified atom stereocenters. The van der Waals surface area contributed by atoms with Crippen molar-refractivity contribution in [1.29, 1.82) is 0 Å². The van der Waals surface area contributed by atoms with E-state index in [0.717, 1.165) is 161 Å². The highest BCUT2D eigenvalue weighted by Gasteiger charge is 2.19. The lowest BCUT2D eigenvalue weighted by atomic mass is 10.0. The number of esters is 3. The van der Waals surface area contributed by atoms with E-state index in [1.54, 1.807) is 0 Å². The maximum atomic E-state index is 12.9. The van der Waals surface area contributed by atoms with Gasteiger partial charge in [0, 0.05) is 19.3 Å². The molecule has 0 amide bonds. The van der Waals surface area contributed by atoms with Gasteiger partial charge in [-0.2, -0.15) is 0 Å². The van der Waals surface area contributed by atoms with Gasteiger partial charge in [-0.1, -0.05) is 263 Å². The summed E-state index contributed by atoms with van der Waals surface area (Å²) >= 11 is 0. The fraction of sp³-hybridized carbons (Fsp3) is 0.625. The van der Waals surface area contributed by atoms with Crippen molar-refractivity contribution in [3.05, 3.63) is 146 Å². The Bertz CT molecular complexity index is 1710. The minimum absolute atomic E-state index is 0.0960. The van der Waals surface area contributed by atoms with Crippen LogP contribution in [0, 0.1) is 0 Å². The molecule has 0 aliphatic rings. The average molecular weight is 1080 g/mol. The van der Waals surface area contributed by atoms with Crippen LogP contribution in [0.2, 0.25) is 0 Å². The van der Waals surface area contributed by atoms with Crippen molar-refractivity contribution >= 4 is 17.9 Å². The molecular weight excluding hydrogens is 961 g/mol. The summed E-state index contributed by atoms with van der Waals surface area (Å²) in [5, 5.41) is 0. The average Bonchev–Trinajstić information content (AvgIpc) is 3.44. The molecule has 6 heteroatoms. The summed E-state index contributed by atoms with van der Waals surface area (Å²) in [7, 11) is 0. The zero-order chi connectivity index (χ0) is 56.4. The van der Waals surface area contributed by atoms with E-state index >= 15 is 0 Å². The lowest BCUT2D eigenvalue weighted by Crippen LogP contribution is -2.30. The largest absolute Gasteiger partial charge is 0.462 e. The Morgan fingerprint density at radius 1 is 0.269 bits per heavy atom. The fourth-order valence-corrected chi connectivity index (χ4v) is 8.36. The first-order valence-electron chi connectivity index (χ1n) is 31.8. The van der Waals surface area contributed by atoms with Gasteiger partial charge < -0.3 is 14.2 Å². The topological polar surface area (TPSA) is 78.9 Å². The molecule has 0 aromatic carbocycles. The van der Waals surface area contributed by atoms with Gasteiger partial charge in [0.25, 0.3) is 0 Å². The van der Waals surface area contributed by atoms with Gasteiger partial charge in [0.05, 0.1) is 0 Å². The van der Waals surface area contributed by atoms with Crippen molar-refractivity contribution in [3.8, 4) is 0 Å². The van der Waals surface area contributed by atoms with Gasteiger partial charge in [0.15, 0.2) is 6.10 Å². The van der Waals surface area contributed by atoms with Crippen LogP contribution >= 0.6 is 0 Å². The van der Waals surface area contributed by atoms with Gasteiger partial charge in [-0.05, 0) is 135 Å². The van der Waals surface area contributed by atoms with Gasteiger partial charge in [-0.3, -0.25) is 14.4 Å². The second-order valence-corrected chi connectivity index (χ2v) is 20.5. The van der Waals surface area contributed by atoms with Gasteiger partial charge in [-0.15, -0.1) is 0 Å². The predicted molar refractivity (Wildman–Crippen MR) is 339 cm³/mol. The Labute approximate surface area is 480 Å². The molecule has 0 aromatic heterocycles. The molecule has 1 atom stereocenters.